The quantitative estimate of drug-likeness (QED) is 0.462. The van der Waals surface area contributed by atoms with E-state index >= 15 is 0 Å². The van der Waals surface area contributed by atoms with Gasteiger partial charge in [0.1, 0.15) is 24.7 Å². The number of hydrogen-bond acceptors (Lipinski definition) is 7. The van der Waals surface area contributed by atoms with Crippen molar-refractivity contribution in [3.63, 3.8) is 0 Å². The third-order valence-corrected chi connectivity index (χ3v) is 7.05. The van der Waals surface area contributed by atoms with Gasteiger partial charge in [0, 0.05) is 50.4 Å². The number of fused-ring (bicyclic) bond motifs is 3. The van der Waals surface area contributed by atoms with E-state index in [-0.39, 0.29) is 5.78 Å². The fourth-order valence-electron chi connectivity index (χ4n) is 4.51. The summed E-state index contributed by atoms with van der Waals surface area (Å²) in [6.07, 6.45) is 0. The number of halogens is 2. The van der Waals surface area contributed by atoms with Gasteiger partial charge in [-0.25, -0.2) is 0 Å². The molecule has 0 N–H and O–H groups in total. The van der Waals surface area contributed by atoms with Crippen molar-refractivity contribution in [2.45, 2.75) is 0 Å². The molecule has 34 heavy (non-hydrogen) atoms. The molecule has 0 unspecified atom stereocenters. The SMILES string of the molecule is O=C1c2cc(OCCN3CCOCC3)c(Cl)cc2-c2cc(Cl)c(OCCN3CCOCC3)cc21. The number of hydrogen-bond donors (Lipinski definition) is 0. The van der Waals surface area contributed by atoms with Crippen LogP contribution in [0.15, 0.2) is 24.3 Å². The van der Waals surface area contributed by atoms with E-state index in [1.807, 2.05) is 0 Å². The predicted octanol–water partition coefficient (Wildman–Crippen LogP) is 3.63. The van der Waals surface area contributed by atoms with Gasteiger partial charge < -0.3 is 18.9 Å². The molecule has 2 aromatic carbocycles. The molecule has 0 amide bonds. The molecule has 0 radical (unpaired) electrons. The van der Waals surface area contributed by atoms with Gasteiger partial charge in [-0.1, -0.05) is 23.2 Å². The van der Waals surface area contributed by atoms with Gasteiger partial charge in [-0.3, -0.25) is 14.6 Å². The Bertz CT molecular complexity index is 971. The van der Waals surface area contributed by atoms with Crippen LogP contribution in [0, 0.1) is 0 Å². The van der Waals surface area contributed by atoms with Gasteiger partial charge in [-0.2, -0.15) is 0 Å². The topological polar surface area (TPSA) is 60.5 Å². The Morgan fingerprint density at radius 2 is 1.09 bits per heavy atom. The summed E-state index contributed by atoms with van der Waals surface area (Å²) in [7, 11) is 0. The number of rotatable bonds is 8. The lowest BCUT2D eigenvalue weighted by atomic mass is 10.1. The van der Waals surface area contributed by atoms with Gasteiger partial charge in [0.15, 0.2) is 5.78 Å². The Hall–Kier alpha value is -1.87. The molecular weight excluding hydrogens is 479 g/mol. The molecule has 3 aliphatic rings. The highest BCUT2D eigenvalue weighted by molar-refractivity contribution is 6.35. The second-order valence-electron chi connectivity index (χ2n) is 8.59. The third kappa shape index (κ3) is 5.20. The Morgan fingerprint density at radius 1 is 0.676 bits per heavy atom. The second kappa shape index (κ2) is 10.8. The summed E-state index contributed by atoms with van der Waals surface area (Å²) in [5, 5.41) is 0.951. The molecule has 2 saturated heterocycles. The second-order valence-corrected chi connectivity index (χ2v) is 9.40. The summed E-state index contributed by atoms with van der Waals surface area (Å²) < 4.78 is 22.6. The van der Waals surface area contributed by atoms with Crippen LogP contribution in [-0.4, -0.2) is 94.5 Å². The van der Waals surface area contributed by atoms with E-state index in [2.05, 4.69) is 9.80 Å². The first-order valence-corrected chi connectivity index (χ1v) is 12.4. The van der Waals surface area contributed by atoms with Gasteiger partial charge in [-0.15, -0.1) is 0 Å². The van der Waals surface area contributed by atoms with Crippen LogP contribution < -0.4 is 9.47 Å². The number of morpholine rings is 2. The predicted molar refractivity (Wildman–Crippen MR) is 131 cm³/mol. The highest BCUT2D eigenvalue weighted by Crippen LogP contribution is 2.44. The van der Waals surface area contributed by atoms with E-state index in [4.69, 9.17) is 42.1 Å². The van der Waals surface area contributed by atoms with Crippen molar-refractivity contribution in [1.29, 1.82) is 0 Å². The number of carbonyl (C=O) groups is 1. The maximum atomic E-state index is 13.2. The Balaban J connectivity index is 1.26. The van der Waals surface area contributed by atoms with E-state index in [0.29, 0.717) is 45.9 Å². The number of carbonyl (C=O) groups excluding carboxylic acids is 1. The van der Waals surface area contributed by atoms with E-state index in [9.17, 15) is 4.79 Å². The first-order chi connectivity index (χ1) is 16.6. The standard InChI is InChI=1S/C25H28Cl2N2O5/c26-21-13-17-18-14-22(27)24(34-12-6-29-3-9-32-10-4-29)16-20(18)25(30)19(17)15-23(21)33-11-5-28-1-7-31-8-2-28/h13-16H,1-12H2. The highest BCUT2D eigenvalue weighted by atomic mass is 35.5. The van der Waals surface area contributed by atoms with E-state index < -0.39 is 0 Å². The molecule has 182 valence electrons. The van der Waals surface area contributed by atoms with Crippen LogP contribution in [0.25, 0.3) is 11.1 Å². The largest absolute Gasteiger partial charge is 0.491 e. The van der Waals surface area contributed by atoms with Gasteiger partial charge >= 0.3 is 0 Å². The Labute approximate surface area is 209 Å². The minimum Gasteiger partial charge on any atom is -0.491 e. The first kappa shape index (κ1) is 23.9. The molecule has 2 fully saturated rings. The molecule has 2 heterocycles. The van der Waals surface area contributed by atoms with Crippen LogP contribution in [0.1, 0.15) is 15.9 Å². The van der Waals surface area contributed by atoms with E-state index in [1.165, 1.54) is 0 Å². The number of ether oxygens (including phenoxy) is 4. The molecule has 2 aliphatic heterocycles. The zero-order valence-electron chi connectivity index (χ0n) is 19.0. The average molecular weight is 507 g/mol. The van der Waals surface area contributed by atoms with Crippen molar-refractivity contribution >= 4 is 29.0 Å². The maximum Gasteiger partial charge on any atom is 0.194 e. The van der Waals surface area contributed by atoms with Crippen molar-refractivity contribution in [1.82, 2.24) is 9.80 Å². The minimum atomic E-state index is -0.0746. The molecule has 0 atom stereocenters. The normalized spacial score (nSPS) is 18.6. The van der Waals surface area contributed by atoms with Gasteiger partial charge in [0.25, 0.3) is 0 Å². The summed E-state index contributed by atoms with van der Waals surface area (Å²) in [5.41, 5.74) is 2.68. The third-order valence-electron chi connectivity index (χ3n) is 6.46. The zero-order chi connectivity index (χ0) is 23.5. The molecule has 0 spiro atoms. The zero-order valence-corrected chi connectivity index (χ0v) is 20.5. The maximum absolute atomic E-state index is 13.2. The van der Waals surface area contributed by atoms with Crippen LogP contribution in [0.5, 0.6) is 11.5 Å². The van der Waals surface area contributed by atoms with Crippen molar-refractivity contribution in [2.75, 3.05) is 78.9 Å². The summed E-state index contributed by atoms with van der Waals surface area (Å²) in [4.78, 5) is 17.8. The molecule has 5 rings (SSSR count). The molecule has 0 aromatic heterocycles. The summed E-state index contributed by atoms with van der Waals surface area (Å²) in [5.74, 6) is 0.959. The monoisotopic (exact) mass is 506 g/mol. The van der Waals surface area contributed by atoms with E-state index in [0.717, 1.165) is 76.8 Å². The summed E-state index contributed by atoms with van der Waals surface area (Å²) in [6.45, 7) is 9.11. The minimum absolute atomic E-state index is 0.0746. The van der Waals surface area contributed by atoms with Gasteiger partial charge in [-0.05, 0) is 35.4 Å². The average Bonchev–Trinajstić information content (AvgIpc) is 3.10. The van der Waals surface area contributed by atoms with Gasteiger partial charge in [0.05, 0.1) is 36.5 Å². The molecule has 2 aromatic rings. The molecule has 1 aliphatic carbocycles. The molecule has 7 nitrogen and oxygen atoms in total. The first-order valence-electron chi connectivity index (χ1n) is 11.7. The van der Waals surface area contributed by atoms with Gasteiger partial charge in [0.2, 0.25) is 0 Å². The van der Waals surface area contributed by atoms with E-state index in [1.54, 1.807) is 24.3 Å². The molecular formula is C25H28Cl2N2O5. The highest BCUT2D eigenvalue weighted by Gasteiger charge is 2.30. The lowest BCUT2D eigenvalue weighted by Gasteiger charge is -2.26. The lowest BCUT2D eigenvalue weighted by molar-refractivity contribution is 0.0322. The van der Waals surface area contributed by atoms with Crippen LogP contribution in [-0.2, 0) is 9.47 Å². The lowest BCUT2D eigenvalue weighted by Crippen LogP contribution is -2.38. The Morgan fingerprint density at radius 3 is 1.50 bits per heavy atom. The molecule has 0 saturated carbocycles. The fraction of sp³-hybridized carbons (Fsp3) is 0.480. The van der Waals surface area contributed by atoms with Crippen LogP contribution in [0.2, 0.25) is 10.0 Å². The summed E-state index contributed by atoms with van der Waals surface area (Å²) in [6, 6.07) is 7.07. The van der Waals surface area contributed by atoms with Crippen LogP contribution in [0.3, 0.4) is 0 Å². The van der Waals surface area contributed by atoms with Crippen LogP contribution in [0.4, 0.5) is 0 Å². The van der Waals surface area contributed by atoms with Crippen molar-refractivity contribution in [2.24, 2.45) is 0 Å². The summed E-state index contributed by atoms with van der Waals surface area (Å²) >= 11 is 13.0. The number of nitrogens with zero attached hydrogens (tertiary/aromatic N) is 2. The number of ketones is 1. The smallest absolute Gasteiger partial charge is 0.194 e. The number of benzene rings is 2. The van der Waals surface area contributed by atoms with Crippen LogP contribution >= 0.6 is 23.2 Å². The molecule has 9 heteroatoms. The van der Waals surface area contributed by atoms with Crippen molar-refractivity contribution in [3.8, 4) is 22.6 Å². The molecule has 0 bridgehead atoms. The Kier molecular flexibility index (Phi) is 7.58. The van der Waals surface area contributed by atoms with Crippen molar-refractivity contribution in [3.05, 3.63) is 45.4 Å². The van der Waals surface area contributed by atoms with Crippen molar-refractivity contribution < 1.29 is 23.7 Å². The fourth-order valence-corrected chi connectivity index (χ4v) is 4.95.